The zero-order valence-corrected chi connectivity index (χ0v) is 20.9. The van der Waals surface area contributed by atoms with E-state index in [-0.39, 0.29) is 11.5 Å². The fourth-order valence-electron chi connectivity index (χ4n) is 4.30. The number of rotatable bonds is 5. The van der Waals surface area contributed by atoms with Crippen LogP contribution in [0.4, 0.5) is 8.78 Å². The zero-order valence-electron chi connectivity index (χ0n) is 18.2. The molecular weight excluding hydrogens is 472 g/mol. The highest BCUT2D eigenvalue weighted by Crippen LogP contribution is 2.39. The summed E-state index contributed by atoms with van der Waals surface area (Å²) in [6, 6.07) is 8.37. The summed E-state index contributed by atoms with van der Waals surface area (Å²) in [5.74, 6) is 0.458. The molecule has 2 aromatic carbocycles. The normalized spacial score (nSPS) is 14.8. The number of halogens is 4. The Morgan fingerprint density at radius 2 is 1.91 bits per heavy atom. The topological polar surface area (TPSA) is 25.2 Å². The van der Waals surface area contributed by atoms with E-state index in [0.29, 0.717) is 39.0 Å². The van der Waals surface area contributed by atoms with E-state index in [1.165, 1.54) is 12.1 Å². The van der Waals surface area contributed by atoms with E-state index in [0.717, 1.165) is 36.2 Å². The molecule has 3 nitrogen and oxygen atoms in total. The summed E-state index contributed by atoms with van der Waals surface area (Å²) >= 11 is 13.2. The van der Waals surface area contributed by atoms with Crippen molar-refractivity contribution in [3.63, 3.8) is 0 Å². The van der Waals surface area contributed by atoms with Gasteiger partial charge >= 0.3 is 0 Å². The lowest BCUT2D eigenvalue weighted by Gasteiger charge is -2.39. The van der Waals surface area contributed by atoms with E-state index >= 15 is 0 Å². The van der Waals surface area contributed by atoms with Gasteiger partial charge in [0.25, 0.3) is 11.6 Å². The van der Waals surface area contributed by atoms with Gasteiger partial charge in [-0.2, -0.15) is 8.78 Å². The second-order valence-corrected chi connectivity index (χ2v) is 10.1. The number of benzene rings is 2. The Labute approximate surface area is 198 Å². The summed E-state index contributed by atoms with van der Waals surface area (Å²) in [5, 5.41) is 1.72. The van der Waals surface area contributed by atoms with Crippen molar-refractivity contribution in [3.05, 3.63) is 68.3 Å². The Bertz CT molecular complexity index is 1210. The number of hydrogen-bond acceptors (Lipinski definition) is 1. The first-order valence-electron chi connectivity index (χ1n) is 10.5. The van der Waals surface area contributed by atoms with Crippen molar-refractivity contribution >= 4 is 49.3 Å². The number of aromatic nitrogens is 1. The van der Waals surface area contributed by atoms with Crippen molar-refractivity contribution in [2.75, 3.05) is 13.1 Å². The number of nitrogens with zero attached hydrogens (tertiary/aromatic N) is 2. The van der Waals surface area contributed by atoms with Crippen LogP contribution in [0.25, 0.3) is 10.9 Å². The predicted molar refractivity (Wildman–Crippen MR) is 130 cm³/mol. The maximum Gasteiger partial charge on any atom is 0.283 e. The summed E-state index contributed by atoms with van der Waals surface area (Å²) in [5.41, 5.74) is 0.402. The van der Waals surface area contributed by atoms with Crippen LogP contribution in [0.5, 0.6) is 0 Å². The molecule has 1 aliphatic rings. The zero-order chi connectivity index (χ0) is 23.4. The summed E-state index contributed by atoms with van der Waals surface area (Å²) < 4.78 is 29.7. The molecule has 8 heteroatoms. The highest BCUT2D eigenvalue weighted by atomic mass is 35.5. The van der Waals surface area contributed by atoms with E-state index in [2.05, 4.69) is 6.92 Å². The third-order valence-corrected chi connectivity index (χ3v) is 7.57. The molecule has 0 bridgehead atoms. The van der Waals surface area contributed by atoms with Crippen molar-refractivity contribution in [2.45, 2.75) is 32.4 Å². The van der Waals surface area contributed by atoms with Gasteiger partial charge in [0, 0.05) is 53.7 Å². The minimum Gasteiger partial charge on any atom is -0.347 e. The average molecular weight is 497 g/mol. The molecular formula is C24H25Cl2F2N2OP. The number of fused-ring (bicyclic) bond motifs is 1. The van der Waals surface area contributed by atoms with E-state index in [1.807, 2.05) is 24.6 Å². The monoisotopic (exact) mass is 496 g/mol. The molecule has 1 saturated heterocycles. The Hall–Kier alpha value is -1.68. The van der Waals surface area contributed by atoms with Gasteiger partial charge in [0.05, 0.1) is 10.6 Å². The van der Waals surface area contributed by atoms with Crippen molar-refractivity contribution in [1.82, 2.24) is 9.47 Å². The minimum absolute atomic E-state index is 0.0520. The highest BCUT2D eigenvalue weighted by molar-refractivity contribution is 7.17. The first kappa shape index (κ1) is 23.5. The van der Waals surface area contributed by atoms with Gasteiger partial charge in [-0.3, -0.25) is 4.79 Å². The molecule has 1 amide bonds. The summed E-state index contributed by atoms with van der Waals surface area (Å²) in [7, 11) is 3.43. The van der Waals surface area contributed by atoms with E-state index in [9.17, 15) is 13.6 Å². The molecule has 0 N–H and O–H groups in total. The SMILES string of the molecule is CCC1CN(C(=O)c2ccc(Cl)c(Cc3cc4c(C)cc(C(F)(F)P)cc4n3C)c2Cl)C1. The quantitative estimate of drug-likeness (QED) is 0.357. The predicted octanol–water partition coefficient (Wildman–Crippen LogP) is 6.79. The number of likely N-dealkylation sites (tertiary alicyclic amines) is 1. The Balaban J connectivity index is 1.71. The average Bonchev–Trinajstić information content (AvgIpc) is 3.00. The third kappa shape index (κ3) is 4.16. The molecule has 1 aliphatic heterocycles. The van der Waals surface area contributed by atoms with E-state index in [4.69, 9.17) is 23.2 Å². The van der Waals surface area contributed by atoms with Crippen LogP contribution in [-0.2, 0) is 19.1 Å². The van der Waals surface area contributed by atoms with Crippen molar-refractivity contribution in [2.24, 2.45) is 13.0 Å². The Kier molecular flexibility index (Phi) is 6.30. The fraction of sp³-hybridized carbons (Fsp3) is 0.375. The molecule has 0 radical (unpaired) electrons. The van der Waals surface area contributed by atoms with Crippen molar-refractivity contribution < 1.29 is 13.6 Å². The van der Waals surface area contributed by atoms with E-state index in [1.54, 1.807) is 26.3 Å². The first-order valence-corrected chi connectivity index (χ1v) is 11.9. The van der Waals surface area contributed by atoms with Gasteiger partial charge in [0.1, 0.15) is 0 Å². The van der Waals surface area contributed by atoms with Crippen LogP contribution in [-0.4, -0.2) is 28.5 Å². The summed E-state index contributed by atoms with van der Waals surface area (Å²) in [4.78, 5) is 14.7. The van der Waals surface area contributed by atoms with E-state index < -0.39 is 5.66 Å². The highest BCUT2D eigenvalue weighted by Gasteiger charge is 2.31. The second kappa shape index (κ2) is 8.59. The molecule has 4 rings (SSSR count). The molecule has 170 valence electrons. The van der Waals surface area contributed by atoms with Gasteiger partial charge in [-0.25, -0.2) is 0 Å². The van der Waals surface area contributed by atoms with Crippen LogP contribution in [0, 0.1) is 12.8 Å². The first-order chi connectivity index (χ1) is 15.0. The smallest absolute Gasteiger partial charge is 0.283 e. The van der Waals surface area contributed by atoms with Gasteiger partial charge < -0.3 is 9.47 Å². The van der Waals surface area contributed by atoms with Crippen molar-refractivity contribution in [1.29, 1.82) is 0 Å². The fourth-order valence-corrected chi connectivity index (χ4v) is 5.05. The number of carbonyl (C=O) groups is 1. The maximum atomic E-state index is 13.9. The molecule has 32 heavy (non-hydrogen) atoms. The molecule has 2 heterocycles. The summed E-state index contributed by atoms with van der Waals surface area (Å²) in [6.07, 6.45) is 1.43. The lowest BCUT2D eigenvalue weighted by atomic mass is 9.95. The Morgan fingerprint density at radius 3 is 2.53 bits per heavy atom. The van der Waals surface area contributed by atoms with Crippen LogP contribution >= 0.6 is 32.4 Å². The number of amides is 1. The number of aryl methyl sites for hydroxylation is 2. The van der Waals surface area contributed by atoms with Gasteiger partial charge in [-0.15, -0.1) is 0 Å². The van der Waals surface area contributed by atoms with Crippen molar-refractivity contribution in [3.8, 4) is 0 Å². The van der Waals surface area contributed by atoms with Gasteiger partial charge in [0.15, 0.2) is 0 Å². The molecule has 3 aromatic rings. The molecule has 0 spiro atoms. The molecule has 1 atom stereocenters. The standard InChI is InChI=1S/C24H25Cl2F2N2OP/c1-4-14-11-30(12-14)23(31)17-5-6-20(25)19(22(17)26)10-16-9-18-13(2)7-15(24(27,28)32)8-21(18)29(16)3/h5-9,14H,4,10-12,32H2,1-3H3. The lowest BCUT2D eigenvalue weighted by molar-refractivity contribution is 0.0494. The van der Waals surface area contributed by atoms with Gasteiger partial charge in [-0.1, -0.05) is 39.4 Å². The largest absolute Gasteiger partial charge is 0.347 e. The molecule has 0 saturated carbocycles. The lowest BCUT2D eigenvalue weighted by Crippen LogP contribution is -2.49. The number of alkyl halides is 2. The van der Waals surface area contributed by atoms with Crippen LogP contribution in [0.1, 0.15) is 46.1 Å². The van der Waals surface area contributed by atoms with Crippen LogP contribution in [0.2, 0.25) is 10.0 Å². The third-order valence-electron chi connectivity index (χ3n) is 6.45. The number of carbonyl (C=O) groups excluding carboxylic acids is 1. The maximum absolute atomic E-state index is 13.9. The molecule has 1 unspecified atom stereocenters. The van der Waals surface area contributed by atoms with Gasteiger partial charge in [0.2, 0.25) is 0 Å². The van der Waals surface area contributed by atoms with Gasteiger partial charge in [-0.05, 0) is 60.7 Å². The van der Waals surface area contributed by atoms with Crippen LogP contribution < -0.4 is 0 Å². The molecule has 1 fully saturated rings. The van der Waals surface area contributed by atoms with Crippen LogP contribution in [0.3, 0.4) is 0 Å². The minimum atomic E-state index is -3.00. The molecule has 1 aromatic heterocycles. The number of hydrogen-bond donors (Lipinski definition) is 0. The second-order valence-electron chi connectivity index (χ2n) is 8.59. The van der Waals surface area contributed by atoms with Crippen LogP contribution in [0.15, 0.2) is 30.3 Å². The Morgan fingerprint density at radius 1 is 1.22 bits per heavy atom. The molecule has 0 aliphatic carbocycles. The summed E-state index contributed by atoms with van der Waals surface area (Å²) in [6.45, 7) is 5.43.